The second kappa shape index (κ2) is 7.86. The van der Waals surface area contributed by atoms with E-state index < -0.39 is 17.5 Å². The second-order valence-electron chi connectivity index (χ2n) is 5.77. The lowest BCUT2D eigenvalue weighted by atomic mass is 9.99. The molecule has 0 amide bonds. The number of ether oxygens (including phenoxy) is 3. The fourth-order valence-electron chi connectivity index (χ4n) is 2.57. The van der Waals surface area contributed by atoms with Crippen molar-refractivity contribution < 1.29 is 23.8 Å². The van der Waals surface area contributed by atoms with Gasteiger partial charge in [0.25, 0.3) is 5.54 Å². The van der Waals surface area contributed by atoms with Crippen LogP contribution >= 0.6 is 0 Å². The van der Waals surface area contributed by atoms with Gasteiger partial charge in [-0.1, -0.05) is 36.4 Å². The van der Waals surface area contributed by atoms with E-state index in [1.165, 1.54) is 6.08 Å². The third-order valence-electron chi connectivity index (χ3n) is 4.02. The molecule has 1 heterocycles. The highest BCUT2D eigenvalue weighted by Crippen LogP contribution is 2.28. The van der Waals surface area contributed by atoms with Crippen LogP contribution in [0, 0.1) is 0 Å². The van der Waals surface area contributed by atoms with Crippen molar-refractivity contribution in [3.8, 4) is 5.75 Å². The monoisotopic (exact) mass is 365 g/mol. The van der Waals surface area contributed by atoms with Crippen LogP contribution in [-0.2, 0) is 19.1 Å². The molecule has 1 atom stereocenters. The van der Waals surface area contributed by atoms with Gasteiger partial charge in [-0.3, -0.25) is 0 Å². The summed E-state index contributed by atoms with van der Waals surface area (Å²) in [5.74, 6) is -0.764. The van der Waals surface area contributed by atoms with E-state index in [4.69, 9.17) is 14.2 Å². The van der Waals surface area contributed by atoms with Gasteiger partial charge >= 0.3 is 11.9 Å². The lowest BCUT2D eigenvalue weighted by Crippen LogP contribution is -2.42. The Morgan fingerprint density at radius 3 is 2.48 bits per heavy atom. The van der Waals surface area contributed by atoms with Gasteiger partial charge in [0.05, 0.1) is 13.7 Å². The second-order valence-corrected chi connectivity index (χ2v) is 5.77. The first kappa shape index (κ1) is 18.4. The number of aliphatic imine (C=N–C) groups is 1. The number of methoxy groups -OCH3 is 1. The average Bonchev–Trinajstić information content (AvgIpc) is 3.05. The maximum Gasteiger partial charge on any atom is 0.356 e. The van der Waals surface area contributed by atoms with Crippen molar-refractivity contribution in [3.05, 3.63) is 71.8 Å². The minimum absolute atomic E-state index is 0.0908. The van der Waals surface area contributed by atoms with E-state index in [1.807, 2.05) is 6.07 Å². The zero-order valence-corrected chi connectivity index (χ0v) is 15.0. The van der Waals surface area contributed by atoms with Crippen LogP contribution in [0.15, 0.2) is 65.7 Å². The standard InChI is InChI=1S/C21H19NO5/c1-3-26-19(23)21(14-13-15-9-11-17(25-2)12-10-15)20(24)27-18(22-21)16-7-5-4-6-8-16/h4-14H,3H2,1-2H3/b14-13+. The molecular formula is C21H19NO5. The van der Waals surface area contributed by atoms with Crippen molar-refractivity contribution in [3.63, 3.8) is 0 Å². The first-order chi connectivity index (χ1) is 13.1. The van der Waals surface area contributed by atoms with Crippen molar-refractivity contribution in [2.24, 2.45) is 4.99 Å². The molecule has 0 bridgehead atoms. The molecule has 6 nitrogen and oxygen atoms in total. The van der Waals surface area contributed by atoms with Gasteiger partial charge in [0, 0.05) is 5.56 Å². The van der Waals surface area contributed by atoms with Gasteiger partial charge in [0.1, 0.15) is 5.75 Å². The normalized spacial score (nSPS) is 18.9. The van der Waals surface area contributed by atoms with Gasteiger partial charge < -0.3 is 14.2 Å². The molecule has 0 saturated carbocycles. The van der Waals surface area contributed by atoms with Gasteiger partial charge in [-0.25, -0.2) is 14.6 Å². The number of cyclic esters (lactones) is 1. The first-order valence-electron chi connectivity index (χ1n) is 8.47. The number of hydrogen-bond acceptors (Lipinski definition) is 6. The Labute approximate surface area is 157 Å². The van der Waals surface area contributed by atoms with E-state index in [1.54, 1.807) is 68.6 Å². The van der Waals surface area contributed by atoms with E-state index in [9.17, 15) is 9.59 Å². The maximum atomic E-state index is 12.6. The molecule has 1 aliphatic rings. The minimum atomic E-state index is -1.86. The lowest BCUT2D eigenvalue weighted by molar-refractivity contribution is -0.155. The zero-order chi connectivity index (χ0) is 19.3. The Hall–Kier alpha value is -3.41. The summed E-state index contributed by atoms with van der Waals surface area (Å²) in [5.41, 5.74) is -0.480. The molecule has 0 aromatic heterocycles. The first-order valence-corrected chi connectivity index (χ1v) is 8.47. The van der Waals surface area contributed by atoms with E-state index in [-0.39, 0.29) is 12.5 Å². The van der Waals surface area contributed by atoms with Crippen molar-refractivity contribution in [1.82, 2.24) is 0 Å². The molecule has 0 spiro atoms. The van der Waals surface area contributed by atoms with Crippen LogP contribution in [0.1, 0.15) is 18.1 Å². The highest BCUT2D eigenvalue weighted by molar-refractivity contribution is 6.19. The number of benzene rings is 2. The minimum Gasteiger partial charge on any atom is -0.497 e. The Kier molecular flexibility index (Phi) is 5.35. The molecule has 3 rings (SSSR count). The van der Waals surface area contributed by atoms with Crippen molar-refractivity contribution >= 4 is 23.9 Å². The molecule has 0 aliphatic carbocycles. The number of nitrogens with zero attached hydrogens (tertiary/aromatic N) is 1. The topological polar surface area (TPSA) is 74.2 Å². The van der Waals surface area contributed by atoms with Gasteiger partial charge in [-0.2, -0.15) is 0 Å². The molecule has 2 aromatic rings. The molecule has 1 unspecified atom stereocenters. The Bertz CT molecular complexity index is 887. The summed E-state index contributed by atoms with van der Waals surface area (Å²) in [6.07, 6.45) is 3.04. The van der Waals surface area contributed by atoms with Gasteiger partial charge in [0.2, 0.25) is 5.90 Å². The zero-order valence-electron chi connectivity index (χ0n) is 15.0. The Balaban J connectivity index is 1.99. The molecule has 27 heavy (non-hydrogen) atoms. The fraction of sp³-hybridized carbons (Fsp3) is 0.190. The fourth-order valence-corrected chi connectivity index (χ4v) is 2.57. The summed E-state index contributed by atoms with van der Waals surface area (Å²) in [5, 5.41) is 0. The van der Waals surface area contributed by atoms with E-state index in [2.05, 4.69) is 4.99 Å². The Morgan fingerprint density at radius 1 is 1.15 bits per heavy atom. The molecule has 0 saturated heterocycles. The summed E-state index contributed by atoms with van der Waals surface area (Å²) < 4.78 is 15.5. The van der Waals surface area contributed by atoms with Crippen molar-refractivity contribution in [1.29, 1.82) is 0 Å². The highest BCUT2D eigenvalue weighted by Gasteiger charge is 2.52. The Morgan fingerprint density at radius 2 is 1.85 bits per heavy atom. The lowest BCUT2D eigenvalue weighted by Gasteiger charge is -2.15. The van der Waals surface area contributed by atoms with Gasteiger partial charge in [-0.05, 0) is 42.8 Å². The van der Waals surface area contributed by atoms with Gasteiger partial charge in [-0.15, -0.1) is 0 Å². The van der Waals surface area contributed by atoms with Crippen LogP contribution in [0.4, 0.5) is 0 Å². The summed E-state index contributed by atoms with van der Waals surface area (Å²) in [6.45, 7) is 1.79. The molecule has 0 radical (unpaired) electrons. The molecular weight excluding hydrogens is 346 g/mol. The van der Waals surface area contributed by atoms with Crippen LogP contribution in [0.5, 0.6) is 5.75 Å². The van der Waals surface area contributed by atoms with Crippen LogP contribution in [0.3, 0.4) is 0 Å². The summed E-state index contributed by atoms with van der Waals surface area (Å²) in [6, 6.07) is 16.1. The smallest absolute Gasteiger partial charge is 0.356 e. The van der Waals surface area contributed by atoms with E-state index >= 15 is 0 Å². The van der Waals surface area contributed by atoms with Gasteiger partial charge in [0.15, 0.2) is 0 Å². The number of carbonyl (C=O) groups is 2. The average molecular weight is 365 g/mol. The third kappa shape index (κ3) is 3.74. The summed E-state index contributed by atoms with van der Waals surface area (Å²) >= 11 is 0. The predicted molar refractivity (Wildman–Crippen MR) is 100 cm³/mol. The van der Waals surface area contributed by atoms with Crippen LogP contribution in [0.25, 0.3) is 6.08 Å². The number of carbonyl (C=O) groups excluding carboxylic acids is 2. The molecule has 1 aliphatic heterocycles. The van der Waals surface area contributed by atoms with Crippen LogP contribution < -0.4 is 4.74 Å². The summed E-state index contributed by atoms with van der Waals surface area (Å²) in [7, 11) is 1.58. The molecule has 6 heteroatoms. The van der Waals surface area contributed by atoms with Crippen molar-refractivity contribution in [2.75, 3.05) is 13.7 Å². The van der Waals surface area contributed by atoms with E-state index in [0.29, 0.717) is 11.3 Å². The van der Waals surface area contributed by atoms with E-state index in [0.717, 1.165) is 5.56 Å². The van der Waals surface area contributed by atoms with Crippen molar-refractivity contribution in [2.45, 2.75) is 12.5 Å². The molecule has 0 fully saturated rings. The molecule has 2 aromatic carbocycles. The molecule has 0 N–H and O–H groups in total. The van der Waals surface area contributed by atoms with Crippen LogP contribution in [0.2, 0.25) is 0 Å². The SMILES string of the molecule is CCOC(=O)C1(/C=C/c2ccc(OC)cc2)N=C(c2ccccc2)OC1=O. The number of esters is 2. The maximum absolute atomic E-state index is 12.6. The van der Waals surface area contributed by atoms with Crippen LogP contribution in [-0.4, -0.2) is 37.1 Å². The third-order valence-corrected chi connectivity index (χ3v) is 4.02. The molecule has 138 valence electrons. The summed E-state index contributed by atoms with van der Waals surface area (Å²) in [4.78, 5) is 29.5. The largest absolute Gasteiger partial charge is 0.497 e. The quantitative estimate of drug-likeness (QED) is 0.581. The predicted octanol–water partition coefficient (Wildman–Crippen LogP) is 3.01. The number of hydrogen-bond donors (Lipinski definition) is 0. The number of rotatable bonds is 6. The highest BCUT2D eigenvalue weighted by atomic mass is 16.6.